The number of hydrogen-bond donors (Lipinski definition) is 3. The van der Waals surface area contributed by atoms with Crippen LogP contribution in [0.1, 0.15) is 32.4 Å². The van der Waals surface area contributed by atoms with Gasteiger partial charge in [-0.25, -0.2) is 13.2 Å². The summed E-state index contributed by atoms with van der Waals surface area (Å²) in [5, 5.41) is 7.20. The van der Waals surface area contributed by atoms with Crippen LogP contribution in [-0.2, 0) is 25.6 Å². The summed E-state index contributed by atoms with van der Waals surface area (Å²) in [5.74, 6) is -6.53. The fourth-order valence-corrected chi connectivity index (χ4v) is 4.31. The van der Waals surface area contributed by atoms with E-state index in [1.807, 2.05) is 13.8 Å². The lowest BCUT2D eigenvalue weighted by Crippen LogP contribution is -2.59. The second-order valence-corrected chi connectivity index (χ2v) is 9.85. The molecule has 1 aliphatic rings. The van der Waals surface area contributed by atoms with Gasteiger partial charge in [0.1, 0.15) is 23.6 Å². The molecular weight excluding hydrogens is 503 g/mol. The first-order valence-electron chi connectivity index (χ1n) is 12.1. The first-order valence-corrected chi connectivity index (χ1v) is 12.1. The number of benzene rings is 1. The lowest BCUT2D eigenvalue weighted by Gasteiger charge is -2.43. The van der Waals surface area contributed by atoms with Crippen LogP contribution >= 0.6 is 0 Å². The highest BCUT2D eigenvalue weighted by atomic mass is 19.1. The Morgan fingerprint density at radius 1 is 1.13 bits per heavy atom. The van der Waals surface area contributed by atoms with Gasteiger partial charge in [0.05, 0.1) is 6.54 Å². The van der Waals surface area contributed by atoms with Gasteiger partial charge in [-0.1, -0.05) is 19.9 Å². The molecule has 1 fully saturated rings. The number of hydrogen-bond acceptors (Lipinski definition) is 6. The van der Waals surface area contributed by atoms with Crippen molar-refractivity contribution in [2.24, 2.45) is 5.41 Å². The normalized spacial score (nSPS) is 17.3. The van der Waals surface area contributed by atoms with Crippen molar-refractivity contribution in [2.45, 2.75) is 45.2 Å². The number of pyridine rings is 1. The Bertz CT molecular complexity index is 1190. The molecule has 0 bridgehead atoms. The van der Waals surface area contributed by atoms with Crippen molar-refractivity contribution >= 4 is 29.2 Å². The zero-order chi connectivity index (χ0) is 28.0. The molecule has 2 aromatic rings. The molecule has 3 rings (SSSR count). The summed E-state index contributed by atoms with van der Waals surface area (Å²) in [6.07, 6.45) is 2.26. The molecule has 3 amide bonds. The Labute approximate surface area is 218 Å². The molecule has 0 spiro atoms. The van der Waals surface area contributed by atoms with Gasteiger partial charge in [0.2, 0.25) is 17.6 Å². The van der Waals surface area contributed by atoms with Crippen molar-refractivity contribution in [3.05, 3.63) is 59.7 Å². The Morgan fingerprint density at radius 3 is 2.42 bits per heavy atom. The quantitative estimate of drug-likeness (QED) is 0.424. The molecule has 9 nitrogen and oxygen atoms in total. The summed E-state index contributed by atoms with van der Waals surface area (Å²) in [6.45, 7) is 3.47. The number of aromatic nitrogens is 1. The third-order valence-electron chi connectivity index (χ3n) is 6.42. The van der Waals surface area contributed by atoms with Gasteiger partial charge in [-0.3, -0.25) is 24.2 Å². The van der Waals surface area contributed by atoms with E-state index in [2.05, 4.69) is 20.9 Å². The molecule has 0 radical (unpaired) electrons. The van der Waals surface area contributed by atoms with Crippen LogP contribution in [0.25, 0.3) is 0 Å². The molecule has 38 heavy (non-hydrogen) atoms. The monoisotopic (exact) mass is 533 g/mol. The summed E-state index contributed by atoms with van der Waals surface area (Å²) in [4.78, 5) is 56.8. The first-order chi connectivity index (χ1) is 17.9. The molecule has 1 aromatic heterocycles. The van der Waals surface area contributed by atoms with Gasteiger partial charge in [-0.15, -0.1) is 0 Å². The molecule has 2 heterocycles. The molecule has 2 atom stereocenters. The number of amides is 3. The fourth-order valence-electron chi connectivity index (χ4n) is 4.31. The molecule has 12 heteroatoms. The minimum atomic E-state index is -1.24. The number of likely N-dealkylation sites (N-methyl/N-ethyl adjacent to an activating group) is 1. The van der Waals surface area contributed by atoms with Crippen LogP contribution in [0.5, 0.6) is 0 Å². The molecule has 0 saturated carbocycles. The standard InChI is InChI=1S/C26H30F3N5O4/c1-26(2)7-9-34(21(35)14-32-22-17(28)10-15(27)11-18(22)29)20(13-26)24(37)33-19(23(36)25(38)30-3)12-16-6-4-5-8-31-16/h4-6,8,10-11,19-20,32H,7,9,12-14H2,1-3H3,(H,30,38)(H,33,37)/t19-,20-/m0/s1. The summed E-state index contributed by atoms with van der Waals surface area (Å²) in [7, 11) is 1.30. The second kappa shape index (κ2) is 12.1. The predicted octanol–water partition coefficient (Wildman–Crippen LogP) is 1.97. The van der Waals surface area contributed by atoms with Crippen LogP contribution in [0.15, 0.2) is 36.5 Å². The maximum atomic E-state index is 14.0. The van der Waals surface area contributed by atoms with Crippen molar-refractivity contribution in [3.8, 4) is 0 Å². The SMILES string of the molecule is CNC(=O)C(=O)[C@H](Cc1ccccn1)NC(=O)[C@@H]1CC(C)(C)CCN1C(=O)CNc1c(F)cc(F)cc1F. The van der Waals surface area contributed by atoms with E-state index in [9.17, 15) is 32.3 Å². The minimum Gasteiger partial charge on any atom is -0.371 e. The van der Waals surface area contributed by atoms with Gasteiger partial charge < -0.3 is 20.9 Å². The maximum absolute atomic E-state index is 14.0. The van der Waals surface area contributed by atoms with Gasteiger partial charge in [0.25, 0.3) is 5.91 Å². The molecule has 0 aliphatic carbocycles. The third-order valence-corrected chi connectivity index (χ3v) is 6.42. The van der Waals surface area contributed by atoms with Crippen LogP contribution in [-0.4, -0.2) is 65.6 Å². The average Bonchev–Trinajstić information content (AvgIpc) is 2.86. The van der Waals surface area contributed by atoms with E-state index in [-0.39, 0.29) is 24.8 Å². The summed E-state index contributed by atoms with van der Waals surface area (Å²) < 4.78 is 41.2. The molecule has 1 aromatic carbocycles. The summed E-state index contributed by atoms with van der Waals surface area (Å²) in [6, 6.07) is 3.76. The second-order valence-electron chi connectivity index (χ2n) is 9.85. The van der Waals surface area contributed by atoms with Gasteiger partial charge in [-0.2, -0.15) is 0 Å². The van der Waals surface area contributed by atoms with Crippen molar-refractivity contribution < 1.29 is 32.3 Å². The highest BCUT2D eigenvalue weighted by molar-refractivity contribution is 6.38. The molecule has 0 unspecified atom stereocenters. The van der Waals surface area contributed by atoms with E-state index in [0.717, 1.165) is 0 Å². The third kappa shape index (κ3) is 7.08. The average molecular weight is 534 g/mol. The number of halogens is 3. The Balaban J connectivity index is 1.79. The number of carbonyl (C=O) groups is 4. The van der Waals surface area contributed by atoms with Crippen LogP contribution in [0.3, 0.4) is 0 Å². The molecule has 1 saturated heterocycles. The van der Waals surface area contributed by atoms with E-state index in [1.54, 1.807) is 18.2 Å². The molecule has 1 aliphatic heterocycles. The van der Waals surface area contributed by atoms with E-state index >= 15 is 0 Å². The van der Waals surface area contributed by atoms with E-state index in [4.69, 9.17) is 0 Å². The largest absolute Gasteiger partial charge is 0.371 e. The van der Waals surface area contributed by atoms with Crippen LogP contribution < -0.4 is 16.0 Å². The summed E-state index contributed by atoms with van der Waals surface area (Å²) >= 11 is 0. The van der Waals surface area contributed by atoms with Crippen LogP contribution in [0.2, 0.25) is 0 Å². The van der Waals surface area contributed by atoms with Gasteiger partial charge in [0.15, 0.2) is 11.6 Å². The molecular formula is C26H30F3N5O4. The van der Waals surface area contributed by atoms with Crippen molar-refractivity contribution in [1.82, 2.24) is 20.5 Å². The van der Waals surface area contributed by atoms with Crippen molar-refractivity contribution in [1.29, 1.82) is 0 Å². The van der Waals surface area contributed by atoms with E-state index in [1.165, 1.54) is 18.1 Å². The Kier molecular flexibility index (Phi) is 9.08. The number of likely N-dealkylation sites (tertiary alicyclic amines) is 1. The number of nitrogens with one attached hydrogen (secondary N) is 3. The topological polar surface area (TPSA) is 120 Å². The number of Topliss-reactive ketones (excluding diaryl/α,β-unsaturated/α-hetero) is 1. The highest BCUT2D eigenvalue weighted by Crippen LogP contribution is 2.34. The number of nitrogens with zero attached hydrogens (tertiary/aromatic N) is 2. The number of carbonyl (C=O) groups excluding carboxylic acids is 4. The lowest BCUT2D eigenvalue weighted by molar-refractivity contribution is -0.145. The zero-order valence-corrected chi connectivity index (χ0v) is 21.3. The van der Waals surface area contributed by atoms with Gasteiger partial charge >= 0.3 is 0 Å². The van der Waals surface area contributed by atoms with Gasteiger partial charge in [0, 0.05) is 44.0 Å². The Morgan fingerprint density at radius 2 is 1.82 bits per heavy atom. The number of ketones is 1. The van der Waals surface area contributed by atoms with Crippen molar-refractivity contribution in [3.63, 3.8) is 0 Å². The molecule has 3 N–H and O–H groups in total. The fraction of sp³-hybridized carbons (Fsp3) is 0.423. The van der Waals surface area contributed by atoms with Crippen LogP contribution in [0.4, 0.5) is 18.9 Å². The summed E-state index contributed by atoms with van der Waals surface area (Å²) in [5.41, 5.74) is -0.521. The van der Waals surface area contributed by atoms with E-state index < -0.39 is 65.3 Å². The first kappa shape index (κ1) is 28.6. The smallest absolute Gasteiger partial charge is 0.289 e. The lowest BCUT2D eigenvalue weighted by atomic mass is 9.78. The van der Waals surface area contributed by atoms with E-state index in [0.29, 0.717) is 24.2 Å². The molecule has 204 valence electrons. The van der Waals surface area contributed by atoms with Crippen LogP contribution in [0, 0.1) is 22.9 Å². The minimum absolute atomic E-state index is 0.0480. The van der Waals surface area contributed by atoms with Gasteiger partial charge in [-0.05, 0) is 30.4 Å². The highest BCUT2D eigenvalue weighted by Gasteiger charge is 2.41. The number of piperidine rings is 1. The maximum Gasteiger partial charge on any atom is 0.289 e. The zero-order valence-electron chi connectivity index (χ0n) is 21.3. The Hall–Kier alpha value is -3.96. The predicted molar refractivity (Wildman–Crippen MR) is 132 cm³/mol. The van der Waals surface area contributed by atoms with Crippen molar-refractivity contribution in [2.75, 3.05) is 25.5 Å². The number of anilines is 1. The number of rotatable bonds is 9.